The quantitative estimate of drug-likeness (QED) is 0.619. The van der Waals surface area contributed by atoms with Crippen LogP contribution in [0.4, 0.5) is 0 Å². The number of halogens is 1. The normalized spacial score (nSPS) is 11.2. The molecule has 0 fully saturated rings. The number of nitrogens with one attached hydrogen (secondary N) is 1. The predicted octanol–water partition coefficient (Wildman–Crippen LogP) is 2.75. The molecule has 3 rings (SSSR count). The van der Waals surface area contributed by atoms with E-state index in [1.807, 2.05) is 12.1 Å². The van der Waals surface area contributed by atoms with Gasteiger partial charge < -0.3 is 5.11 Å². The Bertz CT molecular complexity index is 997. The number of aromatic hydroxyl groups is 1. The molecule has 0 aliphatic rings. The van der Waals surface area contributed by atoms with E-state index in [2.05, 4.69) is 41.5 Å². The van der Waals surface area contributed by atoms with Crippen LogP contribution in [-0.2, 0) is 0 Å². The SMILES string of the molecule is CC(C)c1ccc(-n2c(=O)[nH]n(-c3cc(I)ccc3O)c2=O)cc1. The summed E-state index contributed by atoms with van der Waals surface area (Å²) in [5.41, 5.74) is 0.721. The summed E-state index contributed by atoms with van der Waals surface area (Å²) in [7, 11) is 0. The molecule has 0 saturated carbocycles. The van der Waals surface area contributed by atoms with Crippen LogP contribution in [0.2, 0.25) is 0 Å². The number of aromatic nitrogens is 3. The maximum absolute atomic E-state index is 12.7. The highest BCUT2D eigenvalue weighted by atomic mass is 127. The van der Waals surface area contributed by atoms with E-state index in [0.29, 0.717) is 11.6 Å². The lowest BCUT2D eigenvalue weighted by Crippen LogP contribution is -2.26. The van der Waals surface area contributed by atoms with Crippen LogP contribution < -0.4 is 11.4 Å². The van der Waals surface area contributed by atoms with Gasteiger partial charge in [-0.3, -0.25) is 0 Å². The van der Waals surface area contributed by atoms with Gasteiger partial charge in [-0.1, -0.05) is 26.0 Å². The number of benzene rings is 2. The lowest BCUT2D eigenvalue weighted by molar-refractivity contribution is 0.469. The third kappa shape index (κ3) is 2.91. The van der Waals surface area contributed by atoms with Gasteiger partial charge in [0, 0.05) is 3.57 Å². The third-order valence-corrected chi connectivity index (χ3v) is 4.46. The predicted molar refractivity (Wildman–Crippen MR) is 100 cm³/mol. The minimum atomic E-state index is -0.561. The number of aromatic amines is 1. The molecule has 2 aromatic carbocycles. The van der Waals surface area contributed by atoms with Crippen molar-refractivity contribution in [2.75, 3.05) is 0 Å². The van der Waals surface area contributed by atoms with Crippen LogP contribution in [-0.4, -0.2) is 19.5 Å². The van der Waals surface area contributed by atoms with Crippen LogP contribution in [0.15, 0.2) is 52.1 Å². The minimum Gasteiger partial charge on any atom is -0.506 e. The average molecular weight is 437 g/mol. The van der Waals surface area contributed by atoms with Gasteiger partial charge in [-0.2, -0.15) is 4.68 Å². The highest BCUT2D eigenvalue weighted by Crippen LogP contribution is 2.22. The van der Waals surface area contributed by atoms with Gasteiger partial charge in [0.15, 0.2) is 0 Å². The molecule has 0 radical (unpaired) electrons. The van der Waals surface area contributed by atoms with E-state index in [4.69, 9.17) is 0 Å². The van der Waals surface area contributed by atoms with E-state index in [0.717, 1.165) is 18.4 Å². The molecule has 6 nitrogen and oxygen atoms in total. The number of hydrogen-bond donors (Lipinski definition) is 2. The van der Waals surface area contributed by atoms with Gasteiger partial charge in [0.1, 0.15) is 11.4 Å². The van der Waals surface area contributed by atoms with Crippen LogP contribution >= 0.6 is 22.6 Å². The number of hydrogen-bond acceptors (Lipinski definition) is 3. The summed E-state index contributed by atoms with van der Waals surface area (Å²) in [5, 5.41) is 12.5. The summed E-state index contributed by atoms with van der Waals surface area (Å²) in [6.45, 7) is 4.15. The maximum Gasteiger partial charge on any atom is 0.356 e. The summed E-state index contributed by atoms with van der Waals surface area (Å²) in [4.78, 5) is 24.9. The second-order valence-corrected chi connectivity index (χ2v) is 7.00. The van der Waals surface area contributed by atoms with Crippen LogP contribution in [0, 0.1) is 3.57 Å². The molecule has 2 N–H and O–H groups in total. The number of H-pyrrole nitrogens is 1. The van der Waals surface area contributed by atoms with Crippen molar-refractivity contribution in [2.45, 2.75) is 19.8 Å². The zero-order valence-electron chi connectivity index (χ0n) is 13.2. The number of nitrogens with zero attached hydrogens (tertiary/aromatic N) is 2. The Balaban J connectivity index is 2.15. The molecule has 1 heterocycles. The van der Waals surface area contributed by atoms with Gasteiger partial charge in [0.05, 0.1) is 5.69 Å². The molecular formula is C17H16IN3O3. The Morgan fingerprint density at radius 1 is 1.08 bits per heavy atom. The fourth-order valence-corrected chi connectivity index (χ4v) is 2.93. The van der Waals surface area contributed by atoms with Gasteiger partial charge >= 0.3 is 11.4 Å². The average Bonchev–Trinajstić information content (AvgIpc) is 2.84. The molecule has 124 valence electrons. The summed E-state index contributed by atoms with van der Waals surface area (Å²) >= 11 is 2.07. The first-order valence-corrected chi connectivity index (χ1v) is 8.49. The summed E-state index contributed by atoms with van der Waals surface area (Å²) in [6, 6.07) is 12.1. The zero-order chi connectivity index (χ0) is 17.4. The first-order valence-electron chi connectivity index (χ1n) is 7.42. The Kier molecular flexibility index (Phi) is 4.35. The second kappa shape index (κ2) is 6.31. The standard InChI is InChI=1S/C17H16IN3O3/c1-10(2)11-3-6-13(7-4-11)20-16(23)19-21(17(20)24)14-9-12(18)5-8-15(14)22/h3-10,22H,1-2H3,(H,19,23). The minimum absolute atomic E-state index is 0.0823. The fraction of sp³-hybridized carbons (Fsp3) is 0.176. The van der Waals surface area contributed by atoms with E-state index >= 15 is 0 Å². The van der Waals surface area contributed by atoms with E-state index in [1.54, 1.807) is 24.3 Å². The van der Waals surface area contributed by atoms with Crippen LogP contribution in [0.5, 0.6) is 5.75 Å². The Morgan fingerprint density at radius 2 is 1.75 bits per heavy atom. The molecule has 1 aromatic heterocycles. The molecule has 7 heteroatoms. The summed E-state index contributed by atoms with van der Waals surface area (Å²) in [6.07, 6.45) is 0. The molecule has 0 atom stereocenters. The van der Waals surface area contributed by atoms with Crippen LogP contribution in [0.3, 0.4) is 0 Å². The van der Waals surface area contributed by atoms with Crippen molar-refractivity contribution in [1.29, 1.82) is 0 Å². The number of phenolic OH excluding ortho intramolecular Hbond substituents is 1. The molecule has 0 saturated heterocycles. The van der Waals surface area contributed by atoms with Crippen molar-refractivity contribution >= 4 is 22.6 Å². The van der Waals surface area contributed by atoms with E-state index in [-0.39, 0.29) is 11.4 Å². The highest BCUT2D eigenvalue weighted by Gasteiger charge is 2.15. The smallest absolute Gasteiger partial charge is 0.356 e. The van der Waals surface area contributed by atoms with Crippen molar-refractivity contribution < 1.29 is 5.11 Å². The Labute approximate surface area is 151 Å². The van der Waals surface area contributed by atoms with Crippen LogP contribution in [0.1, 0.15) is 25.3 Å². The van der Waals surface area contributed by atoms with Gasteiger partial charge in [-0.15, -0.1) is 0 Å². The van der Waals surface area contributed by atoms with E-state index in [1.165, 1.54) is 6.07 Å². The largest absolute Gasteiger partial charge is 0.506 e. The summed E-state index contributed by atoms with van der Waals surface area (Å²) < 4.78 is 2.93. The lowest BCUT2D eigenvalue weighted by atomic mass is 10.0. The van der Waals surface area contributed by atoms with E-state index < -0.39 is 11.4 Å². The topological polar surface area (TPSA) is 80.0 Å². The first kappa shape index (κ1) is 16.6. The van der Waals surface area contributed by atoms with Crippen molar-refractivity contribution in [3.63, 3.8) is 0 Å². The highest BCUT2D eigenvalue weighted by molar-refractivity contribution is 14.1. The van der Waals surface area contributed by atoms with Crippen molar-refractivity contribution in [1.82, 2.24) is 14.3 Å². The molecule has 0 spiro atoms. The van der Waals surface area contributed by atoms with Gasteiger partial charge in [0.2, 0.25) is 0 Å². The zero-order valence-corrected chi connectivity index (χ0v) is 15.3. The maximum atomic E-state index is 12.7. The number of rotatable bonds is 3. The van der Waals surface area contributed by atoms with Gasteiger partial charge in [0.25, 0.3) is 0 Å². The lowest BCUT2D eigenvalue weighted by Gasteiger charge is -2.06. The van der Waals surface area contributed by atoms with Crippen molar-refractivity contribution in [3.8, 4) is 17.1 Å². The van der Waals surface area contributed by atoms with Crippen molar-refractivity contribution in [3.05, 3.63) is 72.6 Å². The molecule has 0 bridgehead atoms. The molecule has 3 aromatic rings. The number of phenols is 1. The Hall–Kier alpha value is -2.29. The summed E-state index contributed by atoms with van der Waals surface area (Å²) in [5.74, 6) is 0.281. The molecule has 0 aliphatic heterocycles. The first-order chi connectivity index (χ1) is 11.4. The monoisotopic (exact) mass is 437 g/mol. The van der Waals surface area contributed by atoms with Crippen LogP contribution in [0.25, 0.3) is 11.4 Å². The second-order valence-electron chi connectivity index (χ2n) is 5.75. The third-order valence-electron chi connectivity index (χ3n) is 3.79. The van der Waals surface area contributed by atoms with E-state index in [9.17, 15) is 14.7 Å². The fourth-order valence-electron chi connectivity index (χ4n) is 2.46. The van der Waals surface area contributed by atoms with Gasteiger partial charge in [-0.05, 0) is 64.4 Å². The van der Waals surface area contributed by atoms with Crippen molar-refractivity contribution in [2.24, 2.45) is 0 Å². The molecule has 0 aliphatic carbocycles. The molecule has 0 unspecified atom stereocenters. The molecular weight excluding hydrogens is 421 g/mol. The van der Waals surface area contributed by atoms with Gasteiger partial charge in [-0.25, -0.2) is 19.3 Å². The Morgan fingerprint density at radius 3 is 2.38 bits per heavy atom. The molecule has 24 heavy (non-hydrogen) atoms. The molecule has 0 amide bonds.